The van der Waals surface area contributed by atoms with E-state index in [0.29, 0.717) is 10.1 Å². The second-order valence-electron chi connectivity index (χ2n) is 2.46. The van der Waals surface area contributed by atoms with E-state index in [1.165, 1.54) is 18.3 Å². The fraction of sp³-hybridized carbons (Fsp3) is 0. The summed E-state index contributed by atoms with van der Waals surface area (Å²) in [6.07, 6.45) is 1.31. The number of nitro benzene ring substituents is 1. The lowest BCUT2D eigenvalue weighted by molar-refractivity contribution is -0.580. The Balaban J connectivity index is 2.83. The predicted molar refractivity (Wildman–Crippen MR) is 40.7 cm³/mol. The molecule has 3 aromatic rings. The van der Waals surface area contributed by atoms with Gasteiger partial charge in [-0.25, -0.2) is 0 Å². The first-order valence-corrected chi connectivity index (χ1v) is 3.28. The van der Waals surface area contributed by atoms with E-state index >= 15 is 0 Å². The molecule has 0 N–H and O–H groups in total. The lowest BCUT2D eigenvalue weighted by atomic mass is 10.2. The summed E-state index contributed by atoms with van der Waals surface area (Å²) >= 11 is 0. The summed E-state index contributed by atoms with van der Waals surface area (Å²) in [5.74, 6) is 0. The van der Waals surface area contributed by atoms with Gasteiger partial charge in [0.25, 0.3) is 5.52 Å². The van der Waals surface area contributed by atoms with Crippen LogP contribution < -0.4 is 4.73 Å². The first-order chi connectivity index (χ1) is 5.68. The molecule has 0 radical (unpaired) electrons. The van der Waals surface area contributed by atoms with E-state index in [0.717, 1.165) is 0 Å². The van der Waals surface area contributed by atoms with Crippen LogP contribution in [0.25, 0.3) is 10.9 Å². The minimum Gasteiger partial charge on any atom is -0.618 e. The summed E-state index contributed by atoms with van der Waals surface area (Å²) in [6.45, 7) is 0. The predicted octanol–water partition coefficient (Wildman–Crippen LogP) is 0.819. The molecule has 0 spiro atoms. The third-order valence-corrected chi connectivity index (χ3v) is 1.70. The molecule has 0 fully saturated rings. The maximum absolute atomic E-state index is 11.0. The van der Waals surface area contributed by atoms with Crippen molar-refractivity contribution in [3.8, 4) is 0 Å². The monoisotopic (exact) mass is 164 g/mol. The lowest BCUT2D eigenvalue weighted by Gasteiger charge is -2.01. The first-order valence-electron chi connectivity index (χ1n) is 3.28. The largest absolute Gasteiger partial charge is 0.618 e. The lowest BCUT2D eigenvalue weighted by Crippen LogP contribution is -2.27. The highest BCUT2D eigenvalue weighted by Crippen LogP contribution is 2.20. The van der Waals surface area contributed by atoms with Crippen LogP contribution in [0.1, 0.15) is 0 Å². The molecule has 2 heterocycles. The molecule has 5 heteroatoms. The first kappa shape index (κ1) is 6.78. The van der Waals surface area contributed by atoms with Gasteiger partial charge >= 0.3 is 5.69 Å². The summed E-state index contributed by atoms with van der Waals surface area (Å²) in [5.41, 5.74) is -0.0417. The molecular weight excluding hydrogens is 160 g/mol. The Kier molecular flexibility index (Phi) is 1.15. The van der Waals surface area contributed by atoms with Crippen LogP contribution in [0.3, 0.4) is 0 Å². The van der Waals surface area contributed by atoms with Crippen LogP contribution in [0.2, 0.25) is 0 Å². The number of fused-ring (bicyclic) bond motifs is 3. The van der Waals surface area contributed by atoms with Gasteiger partial charge in [0.2, 0.25) is 0 Å². The van der Waals surface area contributed by atoms with Gasteiger partial charge in [0, 0.05) is 17.5 Å². The number of non-ortho nitro benzene ring substituents is 1. The van der Waals surface area contributed by atoms with Crippen LogP contribution >= 0.6 is 0 Å². The number of benzene rings is 1. The van der Waals surface area contributed by atoms with Gasteiger partial charge in [-0.1, -0.05) is 0 Å². The van der Waals surface area contributed by atoms with Gasteiger partial charge in [-0.05, 0) is 6.07 Å². The summed E-state index contributed by atoms with van der Waals surface area (Å²) in [7, 11) is 0. The van der Waals surface area contributed by atoms with Gasteiger partial charge in [-0.15, -0.1) is 0 Å². The number of rotatable bonds is 1. The molecule has 0 aliphatic carbocycles. The highest BCUT2D eigenvalue weighted by molar-refractivity contribution is 5.71. The summed E-state index contributed by atoms with van der Waals surface area (Å²) in [5, 5.41) is 21.9. The Labute approximate surface area is 66.9 Å². The van der Waals surface area contributed by atoms with E-state index in [4.69, 9.17) is 0 Å². The molecule has 0 aliphatic heterocycles. The Hall–Kier alpha value is -1.91. The SMILES string of the molecule is O=[N+]([O-])c1cc2ccc1[n+]([O-])c2. The highest BCUT2D eigenvalue weighted by Gasteiger charge is 2.19. The van der Waals surface area contributed by atoms with Crippen molar-refractivity contribution in [3.63, 3.8) is 0 Å². The maximum atomic E-state index is 11.0. The van der Waals surface area contributed by atoms with E-state index in [2.05, 4.69) is 0 Å². The molecule has 1 aromatic carbocycles. The smallest absolute Gasteiger partial charge is 0.342 e. The molecule has 0 saturated carbocycles. The zero-order valence-corrected chi connectivity index (χ0v) is 5.93. The average Bonchev–Trinajstić information content (AvgIpc) is 2.04. The Morgan fingerprint density at radius 3 is 2.58 bits per heavy atom. The van der Waals surface area contributed by atoms with E-state index in [-0.39, 0.29) is 11.2 Å². The Morgan fingerprint density at radius 2 is 2.17 bits per heavy atom. The van der Waals surface area contributed by atoms with Crippen molar-refractivity contribution < 1.29 is 9.65 Å². The van der Waals surface area contributed by atoms with Crippen molar-refractivity contribution in [2.45, 2.75) is 0 Å². The van der Waals surface area contributed by atoms with E-state index in [1.54, 1.807) is 6.07 Å². The van der Waals surface area contributed by atoms with Crippen molar-refractivity contribution in [2.24, 2.45) is 0 Å². The van der Waals surface area contributed by atoms with Crippen molar-refractivity contribution >= 4 is 16.6 Å². The fourth-order valence-electron chi connectivity index (χ4n) is 1.16. The van der Waals surface area contributed by atoms with Gasteiger partial charge < -0.3 is 5.21 Å². The number of aromatic nitrogens is 1. The minimum atomic E-state index is -0.559. The van der Waals surface area contributed by atoms with Crippen LogP contribution in [0.5, 0.6) is 0 Å². The van der Waals surface area contributed by atoms with Crippen LogP contribution in [-0.4, -0.2) is 4.92 Å². The van der Waals surface area contributed by atoms with Crippen LogP contribution in [0.15, 0.2) is 24.4 Å². The number of pyridine rings is 2. The molecule has 12 heavy (non-hydrogen) atoms. The van der Waals surface area contributed by atoms with E-state index in [1.807, 2.05) is 0 Å². The summed E-state index contributed by atoms with van der Waals surface area (Å²) in [6, 6.07) is 4.49. The molecule has 0 aliphatic rings. The van der Waals surface area contributed by atoms with Gasteiger partial charge in [0.1, 0.15) is 0 Å². The molecule has 0 atom stereocenters. The van der Waals surface area contributed by atoms with Gasteiger partial charge in [-0.2, -0.15) is 4.73 Å². The number of nitro groups is 1. The van der Waals surface area contributed by atoms with Gasteiger partial charge in [0.15, 0.2) is 6.20 Å². The molecular formula is C7H4N2O3. The van der Waals surface area contributed by atoms with Gasteiger partial charge in [0.05, 0.1) is 4.92 Å². The second kappa shape index (κ2) is 2.04. The standard InChI is InChI=1S/C7H4N2O3/c10-8-4-5-1-2-6(8)7(3-5)9(11)12/h1-4H. The molecule has 2 aromatic heterocycles. The third-order valence-electron chi connectivity index (χ3n) is 1.70. The van der Waals surface area contributed by atoms with E-state index in [9.17, 15) is 15.3 Å². The highest BCUT2D eigenvalue weighted by atomic mass is 16.6. The van der Waals surface area contributed by atoms with Crippen molar-refractivity contribution in [3.05, 3.63) is 39.7 Å². The average molecular weight is 164 g/mol. The number of nitrogens with zero attached hydrogens (tertiary/aromatic N) is 2. The van der Waals surface area contributed by atoms with Crippen LogP contribution in [0.4, 0.5) is 5.69 Å². The second-order valence-corrected chi connectivity index (χ2v) is 2.46. The molecule has 60 valence electrons. The summed E-state index contributed by atoms with van der Waals surface area (Å²) < 4.78 is 0.507. The van der Waals surface area contributed by atoms with Crippen molar-refractivity contribution in [1.82, 2.24) is 0 Å². The maximum Gasteiger partial charge on any atom is 0.342 e. The normalized spacial score (nSPS) is 10.7. The zero-order chi connectivity index (χ0) is 8.72. The molecule has 3 rings (SSSR count). The fourth-order valence-corrected chi connectivity index (χ4v) is 1.16. The zero-order valence-electron chi connectivity index (χ0n) is 5.93. The topological polar surface area (TPSA) is 70.1 Å². The molecule has 0 amide bonds. The quantitative estimate of drug-likeness (QED) is 0.271. The third kappa shape index (κ3) is 0.763. The molecule has 0 saturated heterocycles. The van der Waals surface area contributed by atoms with Crippen LogP contribution in [-0.2, 0) is 0 Å². The molecule has 2 bridgehead atoms. The summed E-state index contributed by atoms with van der Waals surface area (Å²) in [4.78, 5) is 9.82. The Morgan fingerprint density at radius 1 is 1.42 bits per heavy atom. The van der Waals surface area contributed by atoms with Crippen molar-refractivity contribution in [2.75, 3.05) is 0 Å². The van der Waals surface area contributed by atoms with Crippen LogP contribution in [0, 0.1) is 15.3 Å². The number of hydrogen-bond acceptors (Lipinski definition) is 3. The van der Waals surface area contributed by atoms with E-state index < -0.39 is 4.92 Å². The minimum absolute atomic E-state index is 0.0926. The molecule has 5 nitrogen and oxygen atoms in total. The Bertz CT molecular complexity index is 440. The molecule has 0 unspecified atom stereocenters. The van der Waals surface area contributed by atoms with Crippen molar-refractivity contribution in [1.29, 1.82) is 0 Å². The van der Waals surface area contributed by atoms with Gasteiger partial charge in [-0.3, -0.25) is 10.1 Å². The number of hydrogen-bond donors (Lipinski definition) is 0.